The van der Waals surface area contributed by atoms with E-state index in [0.717, 1.165) is 6.20 Å². The molecule has 0 saturated carbocycles. The van der Waals surface area contributed by atoms with Crippen molar-refractivity contribution in [3.63, 3.8) is 0 Å². The fourth-order valence-electron chi connectivity index (χ4n) is 2.23. The number of alkyl halides is 3. The van der Waals surface area contributed by atoms with Gasteiger partial charge in [-0.2, -0.15) is 13.2 Å². The van der Waals surface area contributed by atoms with Crippen LogP contribution in [0, 0.1) is 0 Å². The number of ether oxygens (including phenoxy) is 1. The number of anilines is 1. The Morgan fingerprint density at radius 1 is 1.15 bits per heavy atom. The van der Waals surface area contributed by atoms with Gasteiger partial charge in [-0.05, 0) is 6.07 Å². The van der Waals surface area contributed by atoms with Gasteiger partial charge in [-0.15, -0.1) is 0 Å². The molecular formula is C14H19F3N2O. The molecule has 0 radical (unpaired) electrons. The molecule has 0 atom stereocenters. The molecule has 0 amide bonds. The second-order valence-electron chi connectivity index (χ2n) is 5.94. The summed E-state index contributed by atoms with van der Waals surface area (Å²) in [5.74, 6) is 0. The zero-order valence-corrected chi connectivity index (χ0v) is 11.9. The van der Waals surface area contributed by atoms with Gasteiger partial charge in [-0.25, -0.2) is 0 Å². The van der Waals surface area contributed by atoms with Gasteiger partial charge in [0.2, 0.25) is 0 Å². The molecule has 3 nitrogen and oxygen atoms in total. The normalized spacial score (nSPS) is 17.4. The highest BCUT2D eigenvalue weighted by molar-refractivity contribution is 5.55. The van der Waals surface area contributed by atoms with E-state index in [1.54, 1.807) is 0 Å². The maximum Gasteiger partial charge on any atom is 0.417 e. The third kappa shape index (κ3) is 3.23. The van der Waals surface area contributed by atoms with Gasteiger partial charge in [0.1, 0.15) is 0 Å². The van der Waals surface area contributed by atoms with Crippen LogP contribution < -0.4 is 4.90 Å². The molecule has 1 aliphatic rings. The first kappa shape index (κ1) is 15.1. The first-order valence-electron chi connectivity index (χ1n) is 6.60. The van der Waals surface area contributed by atoms with E-state index < -0.39 is 11.7 Å². The molecule has 2 heterocycles. The predicted molar refractivity (Wildman–Crippen MR) is 71.0 cm³/mol. The molecule has 0 spiro atoms. The molecule has 0 N–H and O–H groups in total. The molecule has 0 aromatic carbocycles. The van der Waals surface area contributed by atoms with Crippen molar-refractivity contribution in [1.29, 1.82) is 0 Å². The maximum atomic E-state index is 12.9. The third-order valence-electron chi connectivity index (χ3n) is 3.26. The van der Waals surface area contributed by atoms with Crippen LogP contribution in [-0.2, 0) is 16.3 Å². The number of morpholine rings is 1. The SMILES string of the molecule is CC(C)(C)c1ncc(C(F)(F)F)cc1N1CCOCC1. The number of nitrogens with zero attached hydrogens (tertiary/aromatic N) is 2. The summed E-state index contributed by atoms with van der Waals surface area (Å²) >= 11 is 0. The molecule has 6 heteroatoms. The van der Waals surface area contributed by atoms with Crippen molar-refractivity contribution in [2.75, 3.05) is 31.2 Å². The van der Waals surface area contributed by atoms with E-state index in [0.29, 0.717) is 37.7 Å². The topological polar surface area (TPSA) is 25.4 Å². The molecule has 1 aromatic heterocycles. The van der Waals surface area contributed by atoms with E-state index in [1.807, 2.05) is 25.7 Å². The van der Waals surface area contributed by atoms with E-state index >= 15 is 0 Å². The Morgan fingerprint density at radius 2 is 1.75 bits per heavy atom. The summed E-state index contributed by atoms with van der Waals surface area (Å²) in [6, 6.07) is 1.21. The van der Waals surface area contributed by atoms with Crippen LogP contribution in [0.15, 0.2) is 12.3 Å². The van der Waals surface area contributed by atoms with Crippen LogP contribution in [0.4, 0.5) is 18.9 Å². The summed E-state index contributed by atoms with van der Waals surface area (Å²) in [7, 11) is 0. The second-order valence-corrected chi connectivity index (χ2v) is 5.94. The van der Waals surface area contributed by atoms with Gasteiger partial charge < -0.3 is 9.64 Å². The van der Waals surface area contributed by atoms with Gasteiger partial charge in [-0.3, -0.25) is 4.98 Å². The largest absolute Gasteiger partial charge is 0.417 e. The predicted octanol–water partition coefficient (Wildman–Crippen LogP) is 3.23. The number of hydrogen-bond acceptors (Lipinski definition) is 3. The van der Waals surface area contributed by atoms with E-state index in [4.69, 9.17) is 4.74 Å². The molecule has 1 saturated heterocycles. The van der Waals surface area contributed by atoms with Crippen molar-refractivity contribution in [2.45, 2.75) is 32.4 Å². The summed E-state index contributed by atoms with van der Waals surface area (Å²) in [5.41, 5.74) is 0.243. The van der Waals surface area contributed by atoms with Crippen LogP contribution in [0.1, 0.15) is 32.0 Å². The van der Waals surface area contributed by atoms with Gasteiger partial charge >= 0.3 is 6.18 Å². The lowest BCUT2D eigenvalue weighted by atomic mass is 9.89. The fraction of sp³-hybridized carbons (Fsp3) is 0.643. The van der Waals surface area contributed by atoms with Crippen LogP contribution >= 0.6 is 0 Å². The van der Waals surface area contributed by atoms with Crippen molar-refractivity contribution in [2.24, 2.45) is 0 Å². The molecule has 1 aromatic rings. The van der Waals surface area contributed by atoms with Crippen LogP contribution in [0.5, 0.6) is 0 Å². The third-order valence-corrected chi connectivity index (χ3v) is 3.26. The van der Waals surface area contributed by atoms with Crippen LogP contribution in [0.3, 0.4) is 0 Å². The van der Waals surface area contributed by atoms with E-state index in [9.17, 15) is 13.2 Å². The summed E-state index contributed by atoms with van der Waals surface area (Å²) in [5, 5.41) is 0. The first-order valence-corrected chi connectivity index (χ1v) is 6.60. The summed E-state index contributed by atoms with van der Waals surface area (Å²) in [6.07, 6.45) is -3.45. The average molecular weight is 288 g/mol. The van der Waals surface area contributed by atoms with Gasteiger partial charge in [0, 0.05) is 24.7 Å². The van der Waals surface area contributed by atoms with Crippen LogP contribution in [0.2, 0.25) is 0 Å². The molecule has 20 heavy (non-hydrogen) atoms. The Bertz CT molecular complexity index is 474. The molecule has 1 fully saturated rings. The molecular weight excluding hydrogens is 269 g/mol. The van der Waals surface area contributed by atoms with E-state index in [1.165, 1.54) is 6.07 Å². The Labute approximate surface area is 116 Å². The summed E-state index contributed by atoms with van der Waals surface area (Å²) < 4.78 is 43.9. The molecule has 112 valence electrons. The number of halogens is 3. The quantitative estimate of drug-likeness (QED) is 0.793. The molecule has 2 rings (SSSR count). The monoisotopic (exact) mass is 288 g/mol. The lowest BCUT2D eigenvalue weighted by Crippen LogP contribution is -2.38. The van der Waals surface area contributed by atoms with Gasteiger partial charge in [0.25, 0.3) is 0 Å². The molecule has 0 unspecified atom stereocenters. The zero-order chi connectivity index (χ0) is 15.0. The Hall–Kier alpha value is -1.30. The van der Waals surface area contributed by atoms with Gasteiger partial charge in [0.05, 0.1) is 30.2 Å². The number of aromatic nitrogens is 1. The highest BCUT2D eigenvalue weighted by atomic mass is 19.4. The van der Waals surface area contributed by atoms with Crippen molar-refractivity contribution in [3.8, 4) is 0 Å². The van der Waals surface area contributed by atoms with Crippen LogP contribution in [-0.4, -0.2) is 31.3 Å². The lowest BCUT2D eigenvalue weighted by molar-refractivity contribution is -0.137. The first-order chi connectivity index (χ1) is 9.19. The minimum absolute atomic E-state index is 0.308. The van der Waals surface area contributed by atoms with Crippen molar-refractivity contribution >= 4 is 5.69 Å². The standard InChI is InChI=1S/C14H19F3N2O/c1-13(2,3)12-11(19-4-6-20-7-5-19)8-10(9-18-12)14(15,16)17/h8-9H,4-7H2,1-3H3. The van der Waals surface area contributed by atoms with Crippen LogP contribution in [0.25, 0.3) is 0 Å². The number of pyridine rings is 1. The zero-order valence-electron chi connectivity index (χ0n) is 11.9. The second kappa shape index (κ2) is 5.24. The van der Waals surface area contributed by atoms with Crippen molar-refractivity contribution in [3.05, 3.63) is 23.5 Å². The van der Waals surface area contributed by atoms with Gasteiger partial charge in [-0.1, -0.05) is 20.8 Å². The molecule has 1 aliphatic heterocycles. The summed E-state index contributed by atoms with van der Waals surface area (Å²) in [6.45, 7) is 8.09. The highest BCUT2D eigenvalue weighted by Gasteiger charge is 2.34. The van der Waals surface area contributed by atoms with E-state index in [-0.39, 0.29) is 5.41 Å². The van der Waals surface area contributed by atoms with Crippen molar-refractivity contribution in [1.82, 2.24) is 4.98 Å². The average Bonchev–Trinajstić information content (AvgIpc) is 2.37. The maximum absolute atomic E-state index is 12.9. The van der Waals surface area contributed by atoms with Gasteiger partial charge in [0.15, 0.2) is 0 Å². The van der Waals surface area contributed by atoms with Crippen molar-refractivity contribution < 1.29 is 17.9 Å². The Balaban J connectivity index is 2.48. The number of rotatable bonds is 1. The minimum atomic E-state index is -4.37. The summed E-state index contributed by atoms with van der Waals surface area (Å²) in [4.78, 5) is 6.01. The molecule has 0 bridgehead atoms. The molecule has 0 aliphatic carbocycles. The minimum Gasteiger partial charge on any atom is -0.378 e. The fourth-order valence-corrected chi connectivity index (χ4v) is 2.23. The highest BCUT2D eigenvalue weighted by Crippen LogP contribution is 2.36. The van der Waals surface area contributed by atoms with E-state index in [2.05, 4.69) is 4.98 Å². The number of hydrogen-bond donors (Lipinski definition) is 0. The Kier molecular flexibility index (Phi) is 3.95. The Morgan fingerprint density at radius 3 is 2.25 bits per heavy atom. The lowest BCUT2D eigenvalue weighted by Gasteiger charge is -2.33. The smallest absolute Gasteiger partial charge is 0.378 e.